The molecule has 0 fully saturated rings. The molecule has 2 aromatic rings. The van der Waals surface area contributed by atoms with Gasteiger partial charge in [-0.3, -0.25) is 4.79 Å². The van der Waals surface area contributed by atoms with Crippen LogP contribution in [0.1, 0.15) is 28.5 Å². The number of rotatable bonds is 4. The van der Waals surface area contributed by atoms with Gasteiger partial charge in [-0.25, -0.2) is 0 Å². The average molecular weight is 269 g/mol. The molecule has 1 aromatic carbocycles. The van der Waals surface area contributed by atoms with E-state index in [1.165, 1.54) is 0 Å². The second-order valence-electron chi connectivity index (χ2n) is 4.49. The lowest BCUT2D eigenvalue weighted by molar-refractivity contribution is -0.121. The van der Waals surface area contributed by atoms with Gasteiger partial charge in [0, 0.05) is 12.1 Å². The lowest BCUT2D eigenvalue weighted by Gasteiger charge is -2.10. The fourth-order valence-corrected chi connectivity index (χ4v) is 1.96. The number of carbonyl (C=O) groups is 1. The van der Waals surface area contributed by atoms with Crippen molar-refractivity contribution in [3.8, 4) is 6.07 Å². The van der Waals surface area contributed by atoms with Crippen LogP contribution < -0.4 is 5.32 Å². The minimum atomic E-state index is -0.809. The monoisotopic (exact) mass is 269 g/mol. The van der Waals surface area contributed by atoms with Crippen LogP contribution in [0.2, 0.25) is 0 Å². The number of amides is 1. The predicted molar refractivity (Wildman–Crippen MR) is 72.6 cm³/mol. The molecule has 5 heteroatoms. The van der Waals surface area contributed by atoms with Gasteiger partial charge in [-0.15, -0.1) is 0 Å². The summed E-state index contributed by atoms with van der Waals surface area (Å²) in [6, 6.07) is 11.0. The number of nitrogens with zero attached hydrogens (tertiary/aromatic N) is 2. The molecule has 2 rings (SSSR count). The minimum absolute atomic E-state index is 0.311. The Kier molecular flexibility index (Phi) is 4.16. The molecule has 1 aromatic heterocycles. The molecule has 0 aliphatic carbocycles. The number of nitriles is 1. The molecule has 1 heterocycles. The van der Waals surface area contributed by atoms with Crippen molar-refractivity contribution in [2.45, 2.75) is 26.3 Å². The highest BCUT2D eigenvalue weighted by Crippen LogP contribution is 2.16. The van der Waals surface area contributed by atoms with Gasteiger partial charge in [0.25, 0.3) is 0 Å². The van der Waals surface area contributed by atoms with Gasteiger partial charge in [0.1, 0.15) is 11.7 Å². The zero-order valence-electron chi connectivity index (χ0n) is 11.4. The van der Waals surface area contributed by atoms with Gasteiger partial charge in [0.15, 0.2) is 0 Å². The molecule has 0 saturated heterocycles. The summed E-state index contributed by atoms with van der Waals surface area (Å²) in [6.45, 7) is 3.92. The largest absolute Gasteiger partial charge is 0.361 e. The lowest BCUT2D eigenvalue weighted by atomic mass is 10.00. The first kappa shape index (κ1) is 13.8. The zero-order valence-corrected chi connectivity index (χ0v) is 11.4. The fourth-order valence-electron chi connectivity index (χ4n) is 1.96. The Morgan fingerprint density at radius 1 is 1.40 bits per heavy atom. The van der Waals surface area contributed by atoms with Gasteiger partial charge in [-0.1, -0.05) is 35.5 Å². The van der Waals surface area contributed by atoms with Crippen LogP contribution in [0.4, 0.5) is 0 Å². The lowest BCUT2D eigenvalue weighted by Crippen LogP contribution is -2.28. The molecule has 102 valence electrons. The summed E-state index contributed by atoms with van der Waals surface area (Å²) in [5.41, 5.74) is 2.28. The summed E-state index contributed by atoms with van der Waals surface area (Å²) in [6.07, 6.45) is 0. The smallest absolute Gasteiger partial charge is 0.242 e. The molecule has 20 heavy (non-hydrogen) atoms. The third-order valence-electron chi connectivity index (χ3n) is 3.14. The summed E-state index contributed by atoms with van der Waals surface area (Å²) in [4.78, 5) is 12.1. The number of nitrogens with one attached hydrogen (secondary N) is 1. The molecule has 0 bridgehead atoms. The Morgan fingerprint density at radius 3 is 2.65 bits per heavy atom. The van der Waals surface area contributed by atoms with Crippen molar-refractivity contribution in [2.75, 3.05) is 0 Å². The number of carbonyl (C=O) groups excluding carboxylic acids is 1. The number of hydrogen-bond donors (Lipinski definition) is 1. The highest BCUT2D eigenvalue weighted by molar-refractivity contribution is 5.86. The molecule has 0 aliphatic heterocycles. The second-order valence-corrected chi connectivity index (χ2v) is 4.49. The first-order valence-electron chi connectivity index (χ1n) is 6.27. The molecule has 5 nitrogen and oxygen atoms in total. The average Bonchev–Trinajstić information content (AvgIpc) is 2.78. The van der Waals surface area contributed by atoms with Crippen LogP contribution in [0.25, 0.3) is 0 Å². The summed E-state index contributed by atoms with van der Waals surface area (Å²) < 4.78 is 5.03. The number of hydrogen-bond acceptors (Lipinski definition) is 4. The second kappa shape index (κ2) is 6.02. The van der Waals surface area contributed by atoms with Crippen molar-refractivity contribution in [2.24, 2.45) is 0 Å². The molecule has 1 N–H and O–H groups in total. The first-order chi connectivity index (χ1) is 9.63. The first-order valence-corrected chi connectivity index (χ1v) is 6.27. The van der Waals surface area contributed by atoms with E-state index in [1.807, 2.05) is 19.1 Å². The number of benzene rings is 1. The highest BCUT2D eigenvalue weighted by Gasteiger charge is 2.20. The van der Waals surface area contributed by atoms with Crippen LogP contribution in [0, 0.1) is 25.2 Å². The quantitative estimate of drug-likeness (QED) is 0.923. The van der Waals surface area contributed by atoms with E-state index < -0.39 is 5.92 Å². The maximum atomic E-state index is 12.1. The van der Waals surface area contributed by atoms with Crippen molar-refractivity contribution in [1.82, 2.24) is 10.5 Å². The van der Waals surface area contributed by atoms with Crippen molar-refractivity contribution in [3.05, 3.63) is 52.9 Å². The van der Waals surface area contributed by atoms with Crippen LogP contribution in [0.3, 0.4) is 0 Å². The van der Waals surface area contributed by atoms with Crippen LogP contribution >= 0.6 is 0 Å². The Labute approximate surface area is 117 Å². The molecule has 1 atom stereocenters. The van der Waals surface area contributed by atoms with Gasteiger partial charge in [0.2, 0.25) is 5.91 Å². The molecule has 1 amide bonds. The third kappa shape index (κ3) is 2.86. The fraction of sp³-hybridized carbons (Fsp3) is 0.267. The van der Waals surface area contributed by atoms with Gasteiger partial charge in [-0.05, 0) is 19.4 Å². The van der Waals surface area contributed by atoms with Crippen LogP contribution in [-0.4, -0.2) is 11.1 Å². The molecule has 1 unspecified atom stereocenters. The zero-order chi connectivity index (χ0) is 14.5. The third-order valence-corrected chi connectivity index (χ3v) is 3.14. The standard InChI is InChI=1S/C15H15N3O2/c1-10-14(11(2)20-18-10)9-17-15(19)13(8-16)12-6-4-3-5-7-12/h3-7,13H,9H2,1-2H3,(H,17,19). The van der Waals surface area contributed by atoms with Gasteiger partial charge in [0.05, 0.1) is 11.8 Å². The Balaban J connectivity index is 2.06. The normalized spacial score (nSPS) is 11.7. The molecule has 0 aliphatic rings. The molecule has 0 spiro atoms. The summed E-state index contributed by atoms with van der Waals surface area (Å²) >= 11 is 0. The van der Waals surface area contributed by atoms with Crippen molar-refractivity contribution < 1.29 is 9.32 Å². The minimum Gasteiger partial charge on any atom is -0.361 e. The highest BCUT2D eigenvalue weighted by atomic mass is 16.5. The van der Waals surface area contributed by atoms with E-state index in [1.54, 1.807) is 31.2 Å². The molecule has 0 saturated carbocycles. The van der Waals surface area contributed by atoms with E-state index in [9.17, 15) is 10.1 Å². The summed E-state index contributed by atoms with van der Waals surface area (Å²) in [7, 11) is 0. The topological polar surface area (TPSA) is 78.9 Å². The summed E-state index contributed by atoms with van der Waals surface area (Å²) in [5.74, 6) is -0.452. The van der Waals surface area contributed by atoms with Crippen molar-refractivity contribution in [1.29, 1.82) is 5.26 Å². The maximum Gasteiger partial charge on any atom is 0.242 e. The van der Waals surface area contributed by atoms with Gasteiger partial charge < -0.3 is 9.84 Å². The number of aryl methyl sites for hydroxylation is 2. The SMILES string of the molecule is Cc1noc(C)c1CNC(=O)C(C#N)c1ccccc1. The van der Waals surface area contributed by atoms with Crippen LogP contribution in [0.15, 0.2) is 34.9 Å². The van der Waals surface area contributed by atoms with Gasteiger partial charge in [-0.2, -0.15) is 5.26 Å². The Hall–Kier alpha value is -2.61. The van der Waals surface area contributed by atoms with E-state index in [4.69, 9.17) is 4.52 Å². The van der Waals surface area contributed by atoms with Crippen LogP contribution in [-0.2, 0) is 11.3 Å². The molecular weight excluding hydrogens is 254 g/mol. The molecular formula is C15H15N3O2. The maximum absolute atomic E-state index is 12.1. The van der Waals surface area contributed by atoms with E-state index in [-0.39, 0.29) is 5.91 Å². The predicted octanol–water partition coefficient (Wildman–Crippen LogP) is 2.22. The van der Waals surface area contributed by atoms with E-state index in [0.717, 1.165) is 11.3 Å². The number of aromatic nitrogens is 1. The Bertz CT molecular complexity index is 621. The summed E-state index contributed by atoms with van der Waals surface area (Å²) in [5, 5.41) is 15.8. The Morgan fingerprint density at radius 2 is 2.10 bits per heavy atom. The van der Waals surface area contributed by atoms with E-state index >= 15 is 0 Å². The van der Waals surface area contributed by atoms with E-state index in [2.05, 4.69) is 10.5 Å². The van der Waals surface area contributed by atoms with Crippen molar-refractivity contribution >= 4 is 5.91 Å². The van der Waals surface area contributed by atoms with Gasteiger partial charge >= 0.3 is 0 Å². The van der Waals surface area contributed by atoms with Crippen molar-refractivity contribution in [3.63, 3.8) is 0 Å². The van der Waals surface area contributed by atoms with Crippen LogP contribution in [0.5, 0.6) is 0 Å². The molecule has 0 radical (unpaired) electrons. The van der Waals surface area contributed by atoms with E-state index in [0.29, 0.717) is 17.9 Å².